The molecule has 0 unspecified atom stereocenters. The van der Waals surface area contributed by atoms with Crippen molar-refractivity contribution in [1.29, 1.82) is 0 Å². The number of rotatable bonds is 4. The SMILES string of the molecule is CCN(CC)c1cccc(CI)c1. The molecule has 0 fully saturated rings. The summed E-state index contributed by atoms with van der Waals surface area (Å²) in [4.78, 5) is 2.37. The zero-order valence-electron chi connectivity index (χ0n) is 8.26. The van der Waals surface area contributed by atoms with Crippen LogP contribution in [0.25, 0.3) is 0 Å². The third kappa shape index (κ3) is 2.86. The van der Waals surface area contributed by atoms with E-state index in [2.05, 4.69) is 65.6 Å². The van der Waals surface area contributed by atoms with Gasteiger partial charge in [0.2, 0.25) is 0 Å². The second-order valence-electron chi connectivity index (χ2n) is 2.98. The molecule has 0 amide bonds. The van der Waals surface area contributed by atoms with Crippen LogP contribution in [0.5, 0.6) is 0 Å². The first-order valence-electron chi connectivity index (χ1n) is 4.71. The highest BCUT2D eigenvalue weighted by atomic mass is 127. The Morgan fingerprint density at radius 2 is 1.92 bits per heavy atom. The first-order chi connectivity index (χ1) is 6.31. The molecule has 0 saturated carbocycles. The van der Waals surface area contributed by atoms with E-state index in [4.69, 9.17) is 0 Å². The molecule has 0 saturated heterocycles. The molecule has 0 atom stereocenters. The topological polar surface area (TPSA) is 3.24 Å². The van der Waals surface area contributed by atoms with Gasteiger partial charge in [0.15, 0.2) is 0 Å². The summed E-state index contributed by atoms with van der Waals surface area (Å²) in [5, 5.41) is 0. The summed E-state index contributed by atoms with van der Waals surface area (Å²) in [5.74, 6) is 0. The van der Waals surface area contributed by atoms with Crippen molar-refractivity contribution in [3.63, 3.8) is 0 Å². The number of halogens is 1. The third-order valence-corrected chi connectivity index (χ3v) is 3.07. The van der Waals surface area contributed by atoms with E-state index in [1.165, 1.54) is 11.3 Å². The van der Waals surface area contributed by atoms with Gasteiger partial charge in [-0.1, -0.05) is 34.7 Å². The fourth-order valence-electron chi connectivity index (χ4n) is 1.43. The van der Waals surface area contributed by atoms with Crippen molar-refractivity contribution in [2.75, 3.05) is 18.0 Å². The summed E-state index contributed by atoms with van der Waals surface area (Å²) in [5.41, 5.74) is 2.75. The Balaban J connectivity index is 2.86. The number of nitrogens with zero attached hydrogens (tertiary/aromatic N) is 1. The number of alkyl halides is 1. The van der Waals surface area contributed by atoms with E-state index in [-0.39, 0.29) is 0 Å². The first kappa shape index (κ1) is 10.8. The zero-order chi connectivity index (χ0) is 9.68. The fraction of sp³-hybridized carbons (Fsp3) is 0.455. The highest BCUT2D eigenvalue weighted by molar-refractivity contribution is 14.1. The average Bonchev–Trinajstić information content (AvgIpc) is 2.20. The number of hydrogen-bond donors (Lipinski definition) is 0. The Hall–Kier alpha value is -0.250. The summed E-state index contributed by atoms with van der Waals surface area (Å²) >= 11 is 2.40. The summed E-state index contributed by atoms with van der Waals surface area (Å²) in [6.45, 7) is 6.56. The molecule has 1 aromatic carbocycles. The lowest BCUT2D eigenvalue weighted by Crippen LogP contribution is -2.21. The minimum Gasteiger partial charge on any atom is -0.372 e. The minimum absolute atomic E-state index is 1.08. The molecule has 13 heavy (non-hydrogen) atoms. The van der Waals surface area contributed by atoms with Gasteiger partial charge in [0, 0.05) is 23.2 Å². The van der Waals surface area contributed by atoms with Crippen molar-refractivity contribution in [2.45, 2.75) is 18.3 Å². The maximum absolute atomic E-state index is 2.40. The smallest absolute Gasteiger partial charge is 0.0369 e. The van der Waals surface area contributed by atoms with Gasteiger partial charge in [0.1, 0.15) is 0 Å². The summed E-state index contributed by atoms with van der Waals surface area (Å²) in [7, 11) is 0. The van der Waals surface area contributed by atoms with Gasteiger partial charge in [-0.25, -0.2) is 0 Å². The molecule has 72 valence electrons. The van der Waals surface area contributed by atoms with E-state index in [1.54, 1.807) is 0 Å². The van der Waals surface area contributed by atoms with Gasteiger partial charge in [-0.3, -0.25) is 0 Å². The molecule has 2 heteroatoms. The van der Waals surface area contributed by atoms with Crippen LogP contribution < -0.4 is 4.90 Å². The van der Waals surface area contributed by atoms with Crippen LogP contribution in [0.15, 0.2) is 24.3 Å². The van der Waals surface area contributed by atoms with Gasteiger partial charge >= 0.3 is 0 Å². The quantitative estimate of drug-likeness (QED) is 0.606. The third-order valence-electron chi connectivity index (χ3n) is 2.19. The van der Waals surface area contributed by atoms with Gasteiger partial charge in [0.05, 0.1) is 0 Å². The maximum Gasteiger partial charge on any atom is 0.0369 e. The van der Waals surface area contributed by atoms with Gasteiger partial charge in [0.25, 0.3) is 0 Å². The summed E-state index contributed by atoms with van der Waals surface area (Å²) in [6.07, 6.45) is 0. The van der Waals surface area contributed by atoms with Gasteiger partial charge in [-0.15, -0.1) is 0 Å². The highest BCUT2D eigenvalue weighted by Gasteiger charge is 2.00. The standard InChI is InChI=1S/C11H16IN/c1-3-13(4-2)11-7-5-6-10(8-11)9-12/h5-8H,3-4,9H2,1-2H3. The van der Waals surface area contributed by atoms with Crippen LogP contribution >= 0.6 is 22.6 Å². The minimum atomic E-state index is 1.08. The molecule has 0 aliphatic heterocycles. The van der Waals surface area contributed by atoms with Crippen LogP contribution in [-0.4, -0.2) is 13.1 Å². The van der Waals surface area contributed by atoms with Gasteiger partial charge in [-0.2, -0.15) is 0 Å². The zero-order valence-corrected chi connectivity index (χ0v) is 10.4. The molecule has 0 aromatic heterocycles. The molecular weight excluding hydrogens is 273 g/mol. The molecule has 0 aliphatic rings. The van der Waals surface area contributed by atoms with Crippen molar-refractivity contribution in [3.05, 3.63) is 29.8 Å². The van der Waals surface area contributed by atoms with E-state index in [9.17, 15) is 0 Å². The van der Waals surface area contributed by atoms with Crippen LogP contribution in [0.3, 0.4) is 0 Å². The van der Waals surface area contributed by atoms with E-state index in [0.29, 0.717) is 0 Å². The molecule has 0 bridgehead atoms. The second-order valence-corrected chi connectivity index (χ2v) is 3.74. The van der Waals surface area contributed by atoms with Crippen molar-refractivity contribution in [3.8, 4) is 0 Å². The summed E-state index contributed by atoms with van der Waals surface area (Å²) < 4.78 is 1.09. The normalized spacial score (nSPS) is 10.1. The van der Waals surface area contributed by atoms with Crippen molar-refractivity contribution < 1.29 is 0 Å². The molecule has 0 radical (unpaired) electrons. The second kappa shape index (κ2) is 5.47. The van der Waals surface area contributed by atoms with Crippen LogP contribution in [0, 0.1) is 0 Å². The Morgan fingerprint density at radius 1 is 1.23 bits per heavy atom. The maximum atomic E-state index is 2.40. The molecule has 0 N–H and O–H groups in total. The molecule has 1 rings (SSSR count). The van der Waals surface area contributed by atoms with E-state index in [1.807, 2.05) is 0 Å². The van der Waals surface area contributed by atoms with Crippen molar-refractivity contribution in [1.82, 2.24) is 0 Å². The Labute approximate surface area is 94.3 Å². The molecule has 0 aliphatic carbocycles. The van der Waals surface area contributed by atoms with Crippen LogP contribution in [0.1, 0.15) is 19.4 Å². The Morgan fingerprint density at radius 3 is 2.46 bits per heavy atom. The number of anilines is 1. The first-order valence-corrected chi connectivity index (χ1v) is 6.24. The van der Waals surface area contributed by atoms with Crippen LogP contribution in [0.4, 0.5) is 5.69 Å². The van der Waals surface area contributed by atoms with E-state index >= 15 is 0 Å². The lowest BCUT2D eigenvalue weighted by atomic mass is 10.2. The largest absolute Gasteiger partial charge is 0.372 e. The Bertz CT molecular complexity index is 256. The predicted octanol–water partition coefficient (Wildman–Crippen LogP) is 3.47. The lowest BCUT2D eigenvalue weighted by Gasteiger charge is -2.21. The van der Waals surface area contributed by atoms with Gasteiger partial charge < -0.3 is 4.90 Å². The predicted molar refractivity (Wildman–Crippen MR) is 67.7 cm³/mol. The fourth-order valence-corrected chi connectivity index (χ4v) is 1.90. The van der Waals surface area contributed by atoms with Crippen LogP contribution in [0.2, 0.25) is 0 Å². The van der Waals surface area contributed by atoms with Crippen molar-refractivity contribution in [2.24, 2.45) is 0 Å². The van der Waals surface area contributed by atoms with Gasteiger partial charge in [-0.05, 0) is 31.5 Å². The van der Waals surface area contributed by atoms with E-state index < -0.39 is 0 Å². The van der Waals surface area contributed by atoms with Crippen molar-refractivity contribution >= 4 is 28.3 Å². The summed E-state index contributed by atoms with van der Waals surface area (Å²) in [6, 6.07) is 8.78. The van der Waals surface area contributed by atoms with E-state index in [0.717, 1.165) is 17.5 Å². The molecule has 0 heterocycles. The average molecular weight is 289 g/mol. The molecule has 1 aromatic rings. The number of benzene rings is 1. The molecular formula is C11H16IN. The molecule has 1 nitrogen and oxygen atoms in total. The Kier molecular flexibility index (Phi) is 4.56. The molecule has 0 spiro atoms. The number of hydrogen-bond acceptors (Lipinski definition) is 1. The monoisotopic (exact) mass is 289 g/mol. The van der Waals surface area contributed by atoms with Crippen LogP contribution in [-0.2, 0) is 4.43 Å². The highest BCUT2D eigenvalue weighted by Crippen LogP contribution is 2.17. The lowest BCUT2D eigenvalue weighted by molar-refractivity contribution is 0.865.